The van der Waals surface area contributed by atoms with E-state index in [0.717, 1.165) is 19.3 Å². The van der Waals surface area contributed by atoms with Crippen molar-refractivity contribution < 1.29 is 9.53 Å². The van der Waals surface area contributed by atoms with Gasteiger partial charge in [-0.3, -0.25) is 4.79 Å². The maximum Gasteiger partial charge on any atom is 0.312 e. The molecular formula is C11H20O2. The second kappa shape index (κ2) is 3.32. The lowest BCUT2D eigenvalue weighted by Crippen LogP contribution is -2.38. The maximum atomic E-state index is 11.8. The Hall–Kier alpha value is -0.530. The van der Waals surface area contributed by atoms with Crippen LogP contribution in [0, 0.1) is 10.8 Å². The molecule has 0 aromatic heterocycles. The van der Waals surface area contributed by atoms with E-state index in [1.165, 1.54) is 0 Å². The highest BCUT2D eigenvalue weighted by Crippen LogP contribution is 2.52. The van der Waals surface area contributed by atoms with Gasteiger partial charge in [-0.05, 0) is 32.1 Å². The van der Waals surface area contributed by atoms with Gasteiger partial charge >= 0.3 is 5.97 Å². The van der Waals surface area contributed by atoms with E-state index in [4.69, 9.17) is 4.74 Å². The lowest BCUT2D eigenvalue weighted by atomic mass is 9.69. The van der Waals surface area contributed by atoms with Gasteiger partial charge in [0.25, 0.3) is 0 Å². The van der Waals surface area contributed by atoms with Crippen LogP contribution < -0.4 is 0 Å². The Bertz CT molecular complexity index is 208. The number of rotatable bonds is 2. The first-order chi connectivity index (χ1) is 5.94. The lowest BCUT2D eigenvalue weighted by Gasteiger charge is -2.35. The average molecular weight is 184 g/mol. The van der Waals surface area contributed by atoms with Gasteiger partial charge in [-0.15, -0.1) is 0 Å². The molecule has 1 saturated carbocycles. The van der Waals surface area contributed by atoms with Crippen molar-refractivity contribution in [2.24, 2.45) is 10.8 Å². The standard InChI is InChI=1S/C11H20O2/c1-5-13-9(12)11(4)8-6-7-10(11,2)3/h5-8H2,1-4H3. The van der Waals surface area contributed by atoms with E-state index in [1.54, 1.807) is 0 Å². The van der Waals surface area contributed by atoms with E-state index in [-0.39, 0.29) is 16.8 Å². The predicted molar refractivity (Wildman–Crippen MR) is 52.4 cm³/mol. The minimum absolute atomic E-state index is 0.0162. The fourth-order valence-electron chi connectivity index (χ4n) is 2.17. The maximum absolute atomic E-state index is 11.8. The Balaban J connectivity index is 2.80. The summed E-state index contributed by atoms with van der Waals surface area (Å²) in [6.45, 7) is 8.72. The summed E-state index contributed by atoms with van der Waals surface area (Å²) in [7, 11) is 0. The summed E-state index contributed by atoms with van der Waals surface area (Å²) in [4.78, 5) is 11.8. The van der Waals surface area contributed by atoms with Crippen LogP contribution in [0.2, 0.25) is 0 Å². The van der Waals surface area contributed by atoms with Gasteiger partial charge in [0.05, 0.1) is 12.0 Å². The van der Waals surface area contributed by atoms with Gasteiger partial charge in [0.15, 0.2) is 0 Å². The minimum atomic E-state index is -0.261. The normalized spacial score (nSPS) is 31.7. The Kier molecular flexibility index (Phi) is 2.69. The second-order valence-corrected chi connectivity index (χ2v) is 4.79. The van der Waals surface area contributed by atoms with Crippen LogP contribution >= 0.6 is 0 Å². The molecule has 0 saturated heterocycles. The summed E-state index contributed by atoms with van der Waals surface area (Å²) in [5.41, 5.74) is -0.164. The summed E-state index contributed by atoms with van der Waals surface area (Å²) in [6, 6.07) is 0. The molecule has 2 nitrogen and oxygen atoms in total. The summed E-state index contributed by atoms with van der Waals surface area (Å²) in [6.07, 6.45) is 3.24. The first-order valence-electron chi connectivity index (χ1n) is 5.11. The number of carbonyl (C=O) groups is 1. The zero-order valence-electron chi connectivity index (χ0n) is 9.14. The SMILES string of the molecule is CCOC(=O)C1(C)CCCC1(C)C. The highest BCUT2D eigenvalue weighted by Gasteiger charge is 2.51. The molecule has 1 unspecified atom stereocenters. The van der Waals surface area contributed by atoms with Gasteiger partial charge in [0, 0.05) is 0 Å². The van der Waals surface area contributed by atoms with E-state index in [0.29, 0.717) is 6.61 Å². The third-order valence-electron chi connectivity index (χ3n) is 3.70. The van der Waals surface area contributed by atoms with Crippen LogP contribution in [0.15, 0.2) is 0 Å². The molecule has 0 aromatic rings. The van der Waals surface area contributed by atoms with Crippen LogP contribution in [-0.2, 0) is 9.53 Å². The van der Waals surface area contributed by atoms with Gasteiger partial charge in [0.2, 0.25) is 0 Å². The Morgan fingerprint density at radius 3 is 2.31 bits per heavy atom. The topological polar surface area (TPSA) is 26.3 Å². The predicted octanol–water partition coefficient (Wildman–Crippen LogP) is 2.77. The quantitative estimate of drug-likeness (QED) is 0.617. The molecule has 2 heteroatoms. The molecule has 0 N–H and O–H groups in total. The average Bonchev–Trinajstić information content (AvgIpc) is 2.28. The number of carbonyl (C=O) groups excluding carboxylic acids is 1. The lowest BCUT2D eigenvalue weighted by molar-refractivity contribution is -0.159. The monoisotopic (exact) mass is 184 g/mol. The van der Waals surface area contributed by atoms with Gasteiger partial charge in [-0.25, -0.2) is 0 Å². The van der Waals surface area contributed by atoms with E-state index < -0.39 is 0 Å². The van der Waals surface area contributed by atoms with Crippen LogP contribution in [-0.4, -0.2) is 12.6 Å². The first kappa shape index (κ1) is 10.6. The highest BCUT2D eigenvalue weighted by molar-refractivity contribution is 5.77. The summed E-state index contributed by atoms with van der Waals surface area (Å²) in [5.74, 6) is -0.0162. The van der Waals surface area contributed by atoms with E-state index >= 15 is 0 Å². The van der Waals surface area contributed by atoms with Crippen molar-refractivity contribution in [3.8, 4) is 0 Å². The molecule has 0 bridgehead atoms. The smallest absolute Gasteiger partial charge is 0.312 e. The van der Waals surface area contributed by atoms with Gasteiger partial charge in [-0.1, -0.05) is 20.3 Å². The number of esters is 1. The van der Waals surface area contributed by atoms with Crippen LogP contribution in [0.25, 0.3) is 0 Å². The van der Waals surface area contributed by atoms with Crippen LogP contribution in [0.3, 0.4) is 0 Å². The summed E-state index contributed by atoms with van der Waals surface area (Å²) < 4.78 is 5.13. The molecule has 0 spiro atoms. The van der Waals surface area contributed by atoms with Crippen molar-refractivity contribution in [2.75, 3.05) is 6.61 Å². The molecular weight excluding hydrogens is 164 g/mol. The van der Waals surface area contributed by atoms with Crippen LogP contribution in [0.1, 0.15) is 47.0 Å². The Morgan fingerprint density at radius 1 is 1.31 bits per heavy atom. The zero-order valence-corrected chi connectivity index (χ0v) is 9.14. The van der Waals surface area contributed by atoms with Crippen molar-refractivity contribution in [2.45, 2.75) is 47.0 Å². The fraction of sp³-hybridized carbons (Fsp3) is 0.909. The molecule has 1 atom stereocenters. The zero-order chi connectivity index (χ0) is 10.1. The molecule has 1 aliphatic rings. The molecule has 0 aliphatic heterocycles. The number of hydrogen-bond donors (Lipinski definition) is 0. The Labute approximate surface area is 80.7 Å². The number of hydrogen-bond acceptors (Lipinski definition) is 2. The second-order valence-electron chi connectivity index (χ2n) is 4.79. The molecule has 0 amide bonds. The van der Waals surface area contributed by atoms with Gasteiger partial charge in [0.1, 0.15) is 0 Å². The van der Waals surface area contributed by atoms with E-state index in [9.17, 15) is 4.79 Å². The van der Waals surface area contributed by atoms with Gasteiger partial charge < -0.3 is 4.74 Å². The van der Waals surface area contributed by atoms with Crippen molar-refractivity contribution in [1.82, 2.24) is 0 Å². The molecule has 1 rings (SSSR count). The van der Waals surface area contributed by atoms with Crippen molar-refractivity contribution in [3.05, 3.63) is 0 Å². The molecule has 1 aliphatic carbocycles. The third-order valence-corrected chi connectivity index (χ3v) is 3.70. The largest absolute Gasteiger partial charge is 0.466 e. The van der Waals surface area contributed by atoms with Crippen molar-refractivity contribution >= 4 is 5.97 Å². The van der Waals surface area contributed by atoms with Gasteiger partial charge in [-0.2, -0.15) is 0 Å². The minimum Gasteiger partial charge on any atom is -0.466 e. The molecule has 13 heavy (non-hydrogen) atoms. The fourth-order valence-corrected chi connectivity index (χ4v) is 2.17. The van der Waals surface area contributed by atoms with Crippen LogP contribution in [0.4, 0.5) is 0 Å². The molecule has 1 fully saturated rings. The molecule has 76 valence electrons. The highest BCUT2D eigenvalue weighted by atomic mass is 16.5. The summed E-state index contributed by atoms with van der Waals surface area (Å²) in [5, 5.41) is 0. The number of ether oxygens (including phenoxy) is 1. The van der Waals surface area contributed by atoms with E-state index in [2.05, 4.69) is 13.8 Å². The van der Waals surface area contributed by atoms with Crippen LogP contribution in [0.5, 0.6) is 0 Å². The van der Waals surface area contributed by atoms with Crippen molar-refractivity contribution in [3.63, 3.8) is 0 Å². The third kappa shape index (κ3) is 1.59. The molecule has 0 radical (unpaired) electrons. The van der Waals surface area contributed by atoms with Crippen molar-refractivity contribution in [1.29, 1.82) is 0 Å². The molecule has 0 aromatic carbocycles. The Morgan fingerprint density at radius 2 is 1.92 bits per heavy atom. The van der Waals surface area contributed by atoms with E-state index in [1.807, 2.05) is 13.8 Å². The molecule has 0 heterocycles. The first-order valence-corrected chi connectivity index (χ1v) is 5.11. The summed E-state index contributed by atoms with van der Waals surface area (Å²) >= 11 is 0.